The molecule has 1 unspecified atom stereocenters. The van der Waals surface area contributed by atoms with Gasteiger partial charge in [0.1, 0.15) is 11.4 Å². The van der Waals surface area contributed by atoms with Gasteiger partial charge in [-0.05, 0) is 26.0 Å². The Labute approximate surface area is 96.6 Å². The normalized spacial score (nSPS) is 22.2. The molecule has 1 aromatic rings. The molecule has 0 saturated carbocycles. The van der Waals surface area contributed by atoms with Gasteiger partial charge in [0.25, 0.3) is 0 Å². The molecule has 0 fully saturated rings. The van der Waals surface area contributed by atoms with Gasteiger partial charge in [0.15, 0.2) is 0 Å². The van der Waals surface area contributed by atoms with Crippen LogP contribution in [0.4, 0.5) is 0 Å². The van der Waals surface area contributed by atoms with Crippen LogP contribution < -0.4 is 4.74 Å². The van der Waals surface area contributed by atoms with Gasteiger partial charge in [0.2, 0.25) is 10.3 Å². The SMILES string of the molecule is CC1C(=S(=O)=O)c2ccccc2OC1(C)C. The lowest BCUT2D eigenvalue weighted by molar-refractivity contribution is 0.0732. The summed E-state index contributed by atoms with van der Waals surface area (Å²) in [6.45, 7) is 5.68. The molecule has 86 valence electrons. The highest BCUT2D eigenvalue weighted by atomic mass is 32.2. The highest BCUT2D eigenvalue weighted by Gasteiger charge is 2.39. The van der Waals surface area contributed by atoms with Gasteiger partial charge in [-0.25, -0.2) is 0 Å². The van der Waals surface area contributed by atoms with Gasteiger partial charge in [-0.15, -0.1) is 0 Å². The van der Waals surface area contributed by atoms with E-state index in [1.54, 1.807) is 12.1 Å². The van der Waals surface area contributed by atoms with Crippen LogP contribution in [0.2, 0.25) is 0 Å². The molecule has 1 aliphatic rings. The fourth-order valence-corrected chi connectivity index (χ4v) is 2.83. The van der Waals surface area contributed by atoms with Crippen LogP contribution in [0, 0.1) is 5.92 Å². The summed E-state index contributed by atoms with van der Waals surface area (Å²) in [5.74, 6) is 0.491. The number of hydrogen-bond acceptors (Lipinski definition) is 3. The van der Waals surface area contributed by atoms with E-state index in [1.165, 1.54) is 0 Å². The number of para-hydroxylation sites is 1. The molecular formula is C12H14O3S. The predicted octanol–water partition coefficient (Wildman–Crippen LogP) is 1.89. The van der Waals surface area contributed by atoms with Crippen LogP contribution in [0.15, 0.2) is 24.3 Å². The summed E-state index contributed by atoms with van der Waals surface area (Å²) in [6.07, 6.45) is 0. The van der Waals surface area contributed by atoms with Gasteiger partial charge in [-0.3, -0.25) is 0 Å². The van der Waals surface area contributed by atoms with Crippen molar-refractivity contribution in [3.8, 4) is 5.75 Å². The quantitative estimate of drug-likeness (QED) is 0.648. The van der Waals surface area contributed by atoms with Crippen molar-refractivity contribution in [2.45, 2.75) is 26.4 Å². The molecule has 0 amide bonds. The molecule has 3 nitrogen and oxygen atoms in total. The van der Waals surface area contributed by atoms with Crippen molar-refractivity contribution in [3.63, 3.8) is 0 Å². The van der Waals surface area contributed by atoms with Gasteiger partial charge in [-0.1, -0.05) is 19.1 Å². The Hall–Kier alpha value is -1.29. The summed E-state index contributed by atoms with van der Waals surface area (Å²) in [7, 11) is -2.20. The Morgan fingerprint density at radius 3 is 2.50 bits per heavy atom. The number of rotatable bonds is 0. The Balaban J connectivity index is 2.76. The van der Waals surface area contributed by atoms with Crippen molar-refractivity contribution < 1.29 is 13.2 Å². The van der Waals surface area contributed by atoms with Crippen LogP contribution in [-0.4, -0.2) is 18.9 Å². The summed E-state index contributed by atoms with van der Waals surface area (Å²) in [5.41, 5.74) is 0.187. The van der Waals surface area contributed by atoms with E-state index in [0.29, 0.717) is 16.2 Å². The third-order valence-electron chi connectivity index (χ3n) is 3.14. The van der Waals surface area contributed by atoms with Crippen molar-refractivity contribution in [1.82, 2.24) is 0 Å². The molecule has 1 aliphatic heterocycles. The third-order valence-corrected chi connectivity index (χ3v) is 4.07. The third kappa shape index (κ3) is 1.63. The summed E-state index contributed by atoms with van der Waals surface area (Å²) >= 11 is 0. The molecule has 0 bridgehead atoms. The second kappa shape index (κ2) is 3.63. The lowest BCUT2D eigenvalue weighted by Crippen LogP contribution is -2.44. The number of hydrogen-bond donors (Lipinski definition) is 0. The average Bonchev–Trinajstić information content (AvgIpc) is 2.18. The van der Waals surface area contributed by atoms with E-state index in [-0.39, 0.29) is 5.92 Å². The summed E-state index contributed by atoms with van der Waals surface area (Å²) in [4.78, 5) is 0.437. The molecule has 1 heterocycles. The Morgan fingerprint density at radius 1 is 1.25 bits per heavy atom. The minimum atomic E-state index is -2.20. The molecule has 0 aliphatic carbocycles. The van der Waals surface area contributed by atoms with Crippen molar-refractivity contribution in [2.24, 2.45) is 5.92 Å². The maximum atomic E-state index is 11.3. The highest BCUT2D eigenvalue weighted by molar-refractivity contribution is 7.73. The van der Waals surface area contributed by atoms with Gasteiger partial charge >= 0.3 is 0 Å². The fraction of sp³-hybridized carbons (Fsp3) is 0.417. The van der Waals surface area contributed by atoms with Crippen LogP contribution in [0.25, 0.3) is 0 Å². The van der Waals surface area contributed by atoms with Gasteiger partial charge in [0, 0.05) is 11.5 Å². The highest BCUT2D eigenvalue weighted by Crippen LogP contribution is 2.36. The Morgan fingerprint density at radius 2 is 1.88 bits per heavy atom. The molecule has 0 aromatic heterocycles. The van der Waals surface area contributed by atoms with E-state index in [9.17, 15) is 8.42 Å². The van der Waals surface area contributed by atoms with Crippen molar-refractivity contribution >= 4 is 15.2 Å². The molecule has 0 N–H and O–H groups in total. The van der Waals surface area contributed by atoms with E-state index < -0.39 is 15.9 Å². The Bertz CT molecular complexity index is 547. The first-order chi connectivity index (χ1) is 7.43. The van der Waals surface area contributed by atoms with E-state index >= 15 is 0 Å². The first-order valence-corrected chi connectivity index (χ1v) is 6.25. The topological polar surface area (TPSA) is 43.4 Å². The Kier molecular flexibility index (Phi) is 2.54. The second-order valence-electron chi connectivity index (χ2n) is 4.52. The van der Waals surface area contributed by atoms with Gasteiger partial charge in [0.05, 0.1) is 4.86 Å². The van der Waals surface area contributed by atoms with Crippen LogP contribution in [-0.2, 0) is 10.3 Å². The average molecular weight is 238 g/mol. The molecule has 4 heteroatoms. The largest absolute Gasteiger partial charge is 0.487 e. The van der Waals surface area contributed by atoms with Crippen molar-refractivity contribution in [3.05, 3.63) is 29.8 Å². The second-order valence-corrected chi connectivity index (χ2v) is 5.43. The van der Waals surface area contributed by atoms with Crippen LogP contribution in [0.3, 0.4) is 0 Å². The van der Waals surface area contributed by atoms with Crippen molar-refractivity contribution in [1.29, 1.82) is 0 Å². The monoisotopic (exact) mass is 238 g/mol. The summed E-state index contributed by atoms with van der Waals surface area (Å²) in [6, 6.07) is 7.25. The molecule has 1 aromatic carbocycles. The zero-order chi connectivity index (χ0) is 11.9. The molecule has 0 spiro atoms. The van der Waals surface area contributed by atoms with Crippen LogP contribution >= 0.6 is 0 Å². The minimum Gasteiger partial charge on any atom is -0.487 e. The first kappa shape index (κ1) is 11.2. The number of fused-ring (bicyclic) bond motifs is 1. The van der Waals surface area contributed by atoms with Crippen LogP contribution in [0.5, 0.6) is 5.75 Å². The fourth-order valence-electron chi connectivity index (χ4n) is 1.91. The van der Waals surface area contributed by atoms with Crippen LogP contribution in [0.1, 0.15) is 26.3 Å². The smallest absolute Gasteiger partial charge is 0.218 e. The molecule has 0 saturated heterocycles. The number of benzene rings is 1. The predicted molar refractivity (Wildman–Crippen MR) is 63.3 cm³/mol. The lowest BCUT2D eigenvalue weighted by Gasteiger charge is -2.38. The minimum absolute atomic E-state index is 0.152. The maximum absolute atomic E-state index is 11.3. The zero-order valence-corrected chi connectivity index (χ0v) is 10.3. The number of ether oxygens (including phenoxy) is 1. The van der Waals surface area contributed by atoms with E-state index in [2.05, 4.69) is 0 Å². The molecule has 2 rings (SSSR count). The zero-order valence-electron chi connectivity index (χ0n) is 9.52. The summed E-state index contributed by atoms with van der Waals surface area (Å²) in [5, 5.41) is 0. The molecule has 16 heavy (non-hydrogen) atoms. The van der Waals surface area contributed by atoms with Gasteiger partial charge < -0.3 is 4.74 Å². The maximum Gasteiger partial charge on any atom is 0.218 e. The first-order valence-electron chi connectivity index (χ1n) is 5.18. The summed E-state index contributed by atoms with van der Waals surface area (Å²) < 4.78 is 28.5. The van der Waals surface area contributed by atoms with Gasteiger partial charge in [-0.2, -0.15) is 8.42 Å². The molecule has 1 atom stereocenters. The van der Waals surface area contributed by atoms with E-state index in [4.69, 9.17) is 4.74 Å². The van der Waals surface area contributed by atoms with E-state index in [1.807, 2.05) is 32.9 Å². The lowest BCUT2D eigenvalue weighted by atomic mass is 9.84. The van der Waals surface area contributed by atoms with E-state index in [0.717, 1.165) is 0 Å². The molecular weight excluding hydrogens is 224 g/mol. The molecule has 0 radical (unpaired) electrons. The van der Waals surface area contributed by atoms with Crippen molar-refractivity contribution in [2.75, 3.05) is 0 Å². The standard InChI is InChI=1S/C12H14O3S/c1-8-11(16(13)14)9-6-4-5-7-10(9)15-12(8,2)3/h4-8H,1-3H3.